The van der Waals surface area contributed by atoms with E-state index in [1.807, 2.05) is 32.0 Å². The monoisotopic (exact) mass is 368 g/mol. The molecule has 2 atom stereocenters. The minimum absolute atomic E-state index is 0.0204. The maximum atomic E-state index is 12.6. The second-order valence-corrected chi connectivity index (χ2v) is 7.38. The van der Waals surface area contributed by atoms with E-state index in [1.54, 1.807) is 4.90 Å². The van der Waals surface area contributed by atoms with Crippen molar-refractivity contribution >= 4 is 17.3 Å². The molecule has 0 bridgehead atoms. The molecule has 2 heterocycles. The van der Waals surface area contributed by atoms with E-state index in [-0.39, 0.29) is 23.7 Å². The van der Waals surface area contributed by atoms with Gasteiger partial charge in [-0.2, -0.15) is 5.26 Å². The Morgan fingerprint density at radius 1 is 1.15 bits per heavy atom. The van der Waals surface area contributed by atoms with Gasteiger partial charge in [0.15, 0.2) is 0 Å². The normalized spacial score (nSPS) is 23.7. The highest BCUT2D eigenvalue weighted by Gasteiger charge is 2.27. The van der Waals surface area contributed by atoms with E-state index in [1.165, 1.54) is 31.1 Å². The molecule has 1 aromatic carbocycles. The summed E-state index contributed by atoms with van der Waals surface area (Å²) < 4.78 is 5.65. The molecular weight excluding hydrogens is 340 g/mol. The number of nitriles is 1. The van der Waals surface area contributed by atoms with Gasteiger partial charge in [-0.1, -0.05) is 0 Å². The molecule has 0 aliphatic carbocycles. The van der Waals surface area contributed by atoms with Gasteiger partial charge in [-0.15, -0.1) is 0 Å². The first kappa shape index (κ1) is 19.2. The molecule has 2 aliphatic heterocycles. The second kappa shape index (κ2) is 8.92. The Hall–Kier alpha value is -2.52. The van der Waals surface area contributed by atoms with Crippen molar-refractivity contribution in [2.75, 3.05) is 36.4 Å². The number of carbonyl (C=O) groups is 1. The summed E-state index contributed by atoms with van der Waals surface area (Å²) in [6, 6.07) is 10.2. The van der Waals surface area contributed by atoms with Crippen LogP contribution in [0.5, 0.6) is 0 Å². The number of nitrogens with zero attached hydrogens (tertiary/aromatic N) is 3. The first-order chi connectivity index (χ1) is 13.1. The fraction of sp³-hybridized carbons (Fsp3) is 0.524. The van der Waals surface area contributed by atoms with Gasteiger partial charge in [0.05, 0.1) is 12.2 Å². The number of hydrogen-bond donors (Lipinski definition) is 1. The summed E-state index contributed by atoms with van der Waals surface area (Å²) >= 11 is 0. The van der Waals surface area contributed by atoms with E-state index in [0.717, 1.165) is 18.8 Å². The van der Waals surface area contributed by atoms with E-state index in [4.69, 9.17) is 4.74 Å². The summed E-state index contributed by atoms with van der Waals surface area (Å²) in [5.74, 6) is -0.253. The predicted octanol–water partition coefficient (Wildman–Crippen LogP) is 3.13. The van der Waals surface area contributed by atoms with Gasteiger partial charge in [0.1, 0.15) is 11.6 Å². The lowest BCUT2D eigenvalue weighted by atomic mass is 10.1. The summed E-state index contributed by atoms with van der Waals surface area (Å²) in [6.45, 7) is 7.10. The summed E-state index contributed by atoms with van der Waals surface area (Å²) in [5, 5.41) is 12.5. The lowest BCUT2D eigenvalue weighted by molar-refractivity contribution is -0.138. The summed E-state index contributed by atoms with van der Waals surface area (Å²) in [7, 11) is 0. The zero-order valence-electron chi connectivity index (χ0n) is 16.1. The van der Waals surface area contributed by atoms with Gasteiger partial charge in [-0.25, -0.2) is 0 Å². The Labute approximate surface area is 161 Å². The smallest absolute Gasteiger partial charge is 0.266 e. The fourth-order valence-electron chi connectivity index (χ4n) is 3.73. The van der Waals surface area contributed by atoms with Crippen molar-refractivity contribution in [3.63, 3.8) is 0 Å². The van der Waals surface area contributed by atoms with E-state index in [2.05, 4.69) is 22.3 Å². The molecule has 2 fully saturated rings. The van der Waals surface area contributed by atoms with E-state index in [9.17, 15) is 10.1 Å². The van der Waals surface area contributed by atoms with Gasteiger partial charge < -0.3 is 19.9 Å². The maximum absolute atomic E-state index is 12.6. The first-order valence-electron chi connectivity index (χ1n) is 9.73. The molecule has 1 N–H and O–H groups in total. The molecule has 2 aliphatic rings. The highest BCUT2D eigenvalue weighted by Crippen LogP contribution is 2.22. The van der Waals surface area contributed by atoms with Crippen molar-refractivity contribution < 1.29 is 9.53 Å². The third kappa shape index (κ3) is 5.01. The van der Waals surface area contributed by atoms with Crippen molar-refractivity contribution in [3.8, 4) is 6.07 Å². The Morgan fingerprint density at radius 3 is 2.37 bits per heavy atom. The van der Waals surface area contributed by atoms with Crippen LogP contribution in [0, 0.1) is 11.3 Å². The number of benzene rings is 1. The Kier molecular flexibility index (Phi) is 6.36. The van der Waals surface area contributed by atoms with E-state index >= 15 is 0 Å². The molecular formula is C21H28N4O2. The SMILES string of the molecule is CC1CN(C(=O)/C(C#N)=C\Nc2ccc(N3CCCCC3)cc2)CC(C)O1. The largest absolute Gasteiger partial charge is 0.372 e. The van der Waals surface area contributed by atoms with Gasteiger partial charge in [0.25, 0.3) is 5.91 Å². The van der Waals surface area contributed by atoms with Crippen LogP contribution in [0.3, 0.4) is 0 Å². The van der Waals surface area contributed by atoms with Gasteiger partial charge in [0.2, 0.25) is 0 Å². The molecule has 2 saturated heterocycles. The van der Waals surface area contributed by atoms with Gasteiger partial charge >= 0.3 is 0 Å². The van der Waals surface area contributed by atoms with Crippen LogP contribution in [-0.2, 0) is 9.53 Å². The number of nitrogens with one attached hydrogen (secondary N) is 1. The summed E-state index contributed by atoms with van der Waals surface area (Å²) in [5.41, 5.74) is 2.19. The van der Waals surface area contributed by atoms with Gasteiger partial charge in [0, 0.05) is 43.8 Å². The van der Waals surface area contributed by atoms with E-state index < -0.39 is 0 Å². The zero-order chi connectivity index (χ0) is 19.2. The molecule has 2 unspecified atom stereocenters. The highest BCUT2D eigenvalue weighted by atomic mass is 16.5. The molecule has 0 saturated carbocycles. The molecule has 6 nitrogen and oxygen atoms in total. The summed E-state index contributed by atoms with van der Waals surface area (Å²) in [4.78, 5) is 16.7. The number of morpholine rings is 1. The number of anilines is 2. The Bertz CT molecular complexity index is 707. The average molecular weight is 368 g/mol. The van der Waals surface area contributed by atoms with Crippen LogP contribution in [0.4, 0.5) is 11.4 Å². The molecule has 0 radical (unpaired) electrons. The van der Waals surface area contributed by atoms with Crippen molar-refractivity contribution in [1.29, 1.82) is 5.26 Å². The third-order valence-corrected chi connectivity index (χ3v) is 5.03. The number of ether oxygens (including phenoxy) is 1. The van der Waals surface area contributed by atoms with Crippen LogP contribution in [0.25, 0.3) is 0 Å². The van der Waals surface area contributed by atoms with Crippen molar-refractivity contribution in [1.82, 2.24) is 4.90 Å². The van der Waals surface area contributed by atoms with Crippen molar-refractivity contribution in [2.24, 2.45) is 0 Å². The first-order valence-corrected chi connectivity index (χ1v) is 9.73. The van der Waals surface area contributed by atoms with Crippen LogP contribution in [0.2, 0.25) is 0 Å². The molecule has 27 heavy (non-hydrogen) atoms. The molecule has 0 aromatic heterocycles. The Morgan fingerprint density at radius 2 is 1.78 bits per heavy atom. The van der Waals surface area contributed by atoms with Crippen molar-refractivity contribution in [3.05, 3.63) is 36.0 Å². The third-order valence-electron chi connectivity index (χ3n) is 5.03. The van der Waals surface area contributed by atoms with E-state index in [0.29, 0.717) is 13.1 Å². The lowest BCUT2D eigenvalue weighted by Gasteiger charge is -2.35. The molecule has 144 valence electrons. The quantitative estimate of drug-likeness (QED) is 0.653. The molecule has 1 aromatic rings. The van der Waals surface area contributed by atoms with Crippen molar-refractivity contribution in [2.45, 2.75) is 45.3 Å². The zero-order valence-corrected chi connectivity index (χ0v) is 16.1. The van der Waals surface area contributed by atoms with Crippen LogP contribution in [0.15, 0.2) is 36.0 Å². The van der Waals surface area contributed by atoms with Crippen LogP contribution < -0.4 is 10.2 Å². The molecule has 1 amide bonds. The molecule has 0 spiro atoms. The average Bonchev–Trinajstić information content (AvgIpc) is 2.68. The topological polar surface area (TPSA) is 68.6 Å². The van der Waals surface area contributed by atoms with Crippen LogP contribution in [-0.4, -0.2) is 49.2 Å². The minimum atomic E-state index is -0.253. The summed E-state index contributed by atoms with van der Waals surface area (Å²) in [6.07, 6.45) is 5.26. The minimum Gasteiger partial charge on any atom is -0.372 e. The lowest BCUT2D eigenvalue weighted by Crippen LogP contribution is -2.48. The highest BCUT2D eigenvalue weighted by molar-refractivity contribution is 5.97. The van der Waals surface area contributed by atoms with Gasteiger partial charge in [-0.05, 0) is 57.4 Å². The molecule has 6 heteroatoms. The second-order valence-electron chi connectivity index (χ2n) is 7.38. The number of rotatable bonds is 4. The van der Waals surface area contributed by atoms with Gasteiger partial charge in [-0.3, -0.25) is 4.79 Å². The standard InChI is InChI=1S/C21H28N4O2/c1-16-14-25(15-17(2)27-16)21(26)18(12-22)13-23-19-6-8-20(9-7-19)24-10-4-3-5-11-24/h6-9,13,16-17,23H,3-5,10-11,14-15H2,1-2H3/b18-13-. The number of carbonyl (C=O) groups excluding carboxylic acids is 1. The maximum Gasteiger partial charge on any atom is 0.266 e. The predicted molar refractivity (Wildman–Crippen MR) is 106 cm³/mol. The Balaban J connectivity index is 1.62. The number of hydrogen-bond acceptors (Lipinski definition) is 5. The molecule has 3 rings (SSSR count). The number of amides is 1. The van der Waals surface area contributed by atoms with Crippen LogP contribution >= 0.6 is 0 Å². The fourth-order valence-corrected chi connectivity index (χ4v) is 3.73. The van der Waals surface area contributed by atoms with Crippen LogP contribution in [0.1, 0.15) is 33.1 Å². The number of piperidine rings is 1.